The summed E-state index contributed by atoms with van der Waals surface area (Å²) in [5.74, 6) is -1.76. The number of hydrogen-bond donors (Lipinski definition) is 1. The Labute approximate surface area is 191 Å². The molecule has 32 heavy (non-hydrogen) atoms. The van der Waals surface area contributed by atoms with E-state index in [4.69, 9.17) is 21.1 Å². The number of aromatic nitrogens is 1. The Morgan fingerprint density at radius 1 is 1.22 bits per heavy atom. The van der Waals surface area contributed by atoms with Crippen LogP contribution in [0, 0.1) is 0 Å². The predicted molar refractivity (Wildman–Crippen MR) is 122 cm³/mol. The number of para-hydroxylation sites is 1. The van der Waals surface area contributed by atoms with Gasteiger partial charge in [-0.05, 0) is 30.2 Å². The summed E-state index contributed by atoms with van der Waals surface area (Å²) in [6.07, 6.45) is 5.11. The number of amides is 1. The van der Waals surface area contributed by atoms with Crippen molar-refractivity contribution < 1.29 is 23.9 Å². The zero-order chi connectivity index (χ0) is 23.4. The van der Waals surface area contributed by atoms with Gasteiger partial charge in [0.1, 0.15) is 11.9 Å². The molecule has 1 aromatic carbocycles. The van der Waals surface area contributed by atoms with Crippen molar-refractivity contribution in [3.05, 3.63) is 71.5 Å². The number of methoxy groups -OCH3 is 2. The number of rotatable bonds is 6. The lowest BCUT2D eigenvalue weighted by molar-refractivity contribution is -0.154. The molecule has 7 nitrogen and oxygen atoms in total. The first-order valence-electron chi connectivity index (χ1n) is 10.0. The van der Waals surface area contributed by atoms with Gasteiger partial charge in [-0.1, -0.05) is 36.9 Å². The van der Waals surface area contributed by atoms with Crippen LogP contribution in [0.15, 0.2) is 60.2 Å². The van der Waals surface area contributed by atoms with Crippen molar-refractivity contribution in [2.45, 2.75) is 25.4 Å². The first kappa shape index (κ1) is 23.3. The molecule has 0 aliphatic carbocycles. The van der Waals surface area contributed by atoms with Gasteiger partial charge in [-0.25, -0.2) is 9.59 Å². The molecule has 1 aromatic heterocycles. The highest BCUT2D eigenvalue weighted by atomic mass is 35.5. The number of alkyl halides is 1. The van der Waals surface area contributed by atoms with E-state index < -0.39 is 29.9 Å². The van der Waals surface area contributed by atoms with Crippen LogP contribution in [0.4, 0.5) is 0 Å². The SMILES string of the molecule is C=C(/C=C\C(=C/C)C(=O)OC)[C@@H]1c2[nH]c3ccccc3c2C[C@H](C(=O)OC)N1C(=O)CCl. The van der Waals surface area contributed by atoms with Crippen LogP contribution in [0.25, 0.3) is 10.9 Å². The Bertz CT molecular complexity index is 1130. The molecule has 0 spiro atoms. The van der Waals surface area contributed by atoms with Crippen molar-refractivity contribution in [1.82, 2.24) is 9.88 Å². The van der Waals surface area contributed by atoms with Crippen LogP contribution in [-0.2, 0) is 30.3 Å². The van der Waals surface area contributed by atoms with E-state index >= 15 is 0 Å². The number of allylic oxidation sites excluding steroid dienone is 1. The Balaban J connectivity index is 2.16. The summed E-state index contributed by atoms with van der Waals surface area (Å²) in [7, 11) is 2.59. The number of halogens is 1. The number of nitrogens with one attached hydrogen (secondary N) is 1. The molecule has 2 atom stereocenters. The number of hydrogen-bond acceptors (Lipinski definition) is 5. The van der Waals surface area contributed by atoms with Crippen LogP contribution in [-0.4, -0.2) is 53.9 Å². The van der Waals surface area contributed by atoms with E-state index in [2.05, 4.69) is 11.6 Å². The quantitative estimate of drug-likeness (QED) is 0.310. The fraction of sp³-hybridized carbons (Fsp3) is 0.292. The van der Waals surface area contributed by atoms with Gasteiger partial charge in [-0.3, -0.25) is 4.79 Å². The number of ether oxygens (including phenoxy) is 2. The highest BCUT2D eigenvalue weighted by Crippen LogP contribution is 2.41. The summed E-state index contributed by atoms with van der Waals surface area (Å²) in [5.41, 5.74) is 3.37. The number of aromatic amines is 1. The van der Waals surface area contributed by atoms with Gasteiger partial charge in [-0.2, -0.15) is 0 Å². The van der Waals surface area contributed by atoms with Crippen molar-refractivity contribution >= 4 is 40.3 Å². The molecule has 0 fully saturated rings. The van der Waals surface area contributed by atoms with Gasteiger partial charge in [-0.15, -0.1) is 11.6 Å². The topological polar surface area (TPSA) is 88.7 Å². The lowest BCUT2D eigenvalue weighted by Gasteiger charge is -2.40. The number of fused-ring (bicyclic) bond motifs is 3. The smallest absolute Gasteiger partial charge is 0.337 e. The van der Waals surface area contributed by atoms with E-state index in [-0.39, 0.29) is 12.3 Å². The normalized spacial score (nSPS) is 18.5. The summed E-state index contributed by atoms with van der Waals surface area (Å²) < 4.78 is 9.78. The lowest BCUT2D eigenvalue weighted by Crippen LogP contribution is -2.52. The van der Waals surface area contributed by atoms with E-state index in [1.54, 1.807) is 25.2 Å². The molecule has 168 valence electrons. The van der Waals surface area contributed by atoms with Gasteiger partial charge in [0.15, 0.2) is 0 Å². The maximum Gasteiger partial charge on any atom is 0.337 e. The standard InChI is InChI=1S/C24H25ClN2O5/c1-5-15(23(29)31-3)11-10-14(2)22-21-17(16-8-6-7-9-18(16)26-21)12-19(24(30)32-4)27(22)20(28)13-25/h5-11,19,22,26H,2,12-13H2,1,3-4H3/b11-10-,15-5+/t19-,22-/m1/s1. The second-order valence-corrected chi connectivity index (χ2v) is 7.55. The molecule has 1 aliphatic rings. The van der Waals surface area contributed by atoms with Gasteiger partial charge >= 0.3 is 11.9 Å². The molecule has 0 bridgehead atoms. The number of nitrogens with zero attached hydrogens (tertiary/aromatic N) is 1. The average Bonchev–Trinajstić information content (AvgIpc) is 3.19. The highest BCUT2D eigenvalue weighted by Gasteiger charge is 2.43. The van der Waals surface area contributed by atoms with E-state index in [1.165, 1.54) is 19.1 Å². The third-order valence-electron chi connectivity index (χ3n) is 5.57. The largest absolute Gasteiger partial charge is 0.467 e. The molecular formula is C24H25ClN2O5. The first-order valence-corrected chi connectivity index (χ1v) is 10.6. The van der Waals surface area contributed by atoms with Crippen molar-refractivity contribution in [3.63, 3.8) is 0 Å². The zero-order valence-electron chi connectivity index (χ0n) is 18.2. The molecule has 2 heterocycles. The molecule has 1 amide bonds. The number of esters is 2. The van der Waals surface area contributed by atoms with Gasteiger partial charge in [0.25, 0.3) is 0 Å². The molecular weight excluding hydrogens is 432 g/mol. The lowest BCUT2D eigenvalue weighted by atomic mass is 9.88. The van der Waals surface area contributed by atoms with Crippen molar-refractivity contribution in [1.29, 1.82) is 0 Å². The number of carbonyl (C=O) groups is 3. The molecule has 1 N–H and O–H groups in total. The summed E-state index contributed by atoms with van der Waals surface area (Å²) in [6.45, 7) is 5.86. The minimum atomic E-state index is -0.866. The van der Waals surface area contributed by atoms with E-state index in [1.807, 2.05) is 24.3 Å². The predicted octanol–water partition coefficient (Wildman–Crippen LogP) is 3.61. The summed E-state index contributed by atoms with van der Waals surface area (Å²) >= 11 is 5.91. The van der Waals surface area contributed by atoms with Gasteiger partial charge in [0, 0.05) is 23.0 Å². The maximum absolute atomic E-state index is 12.9. The van der Waals surface area contributed by atoms with Gasteiger partial charge < -0.3 is 19.4 Å². The Morgan fingerprint density at radius 3 is 2.56 bits per heavy atom. The Kier molecular flexibility index (Phi) is 7.20. The minimum Gasteiger partial charge on any atom is -0.467 e. The minimum absolute atomic E-state index is 0.282. The van der Waals surface area contributed by atoms with Crippen LogP contribution in [0.1, 0.15) is 24.2 Å². The molecule has 0 unspecified atom stereocenters. The fourth-order valence-electron chi connectivity index (χ4n) is 4.06. The summed E-state index contributed by atoms with van der Waals surface area (Å²) in [5, 5.41) is 0.958. The molecule has 3 rings (SSSR count). The summed E-state index contributed by atoms with van der Waals surface area (Å²) in [6, 6.07) is 6.14. The first-order chi connectivity index (χ1) is 15.4. The molecule has 8 heteroatoms. The van der Waals surface area contributed by atoms with Crippen molar-refractivity contribution in [3.8, 4) is 0 Å². The molecule has 2 aromatic rings. The monoisotopic (exact) mass is 456 g/mol. The number of carbonyl (C=O) groups excluding carboxylic acids is 3. The van der Waals surface area contributed by atoms with Gasteiger partial charge in [0.2, 0.25) is 5.91 Å². The van der Waals surface area contributed by atoms with Crippen LogP contribution in [0.3, 0.4) is 0 Å². The highest BCUT2D eigenvalue weighted by molar-refractivity contribution is 6.27. The third-order valence-corrected chi connectivity index (χ3v) is 5.80. The number of H-pyrrole nitrogens is 1. The number of benzene rings is 1. The van der Waals surface area contributed by atoms with Crippen LogP contribution in [0.2, 0.25) is 0 Å². The average molecular weight is 457 g/mol. The zero-order valence-corrected chi connectivity index (χ0v) is 18.9. The maximum atomic E-state index is 12.9. The molecule has 0 radical (unpaired) electrons. The Morgan fingerprint density at radius 2 is 1.94 bits per heavy atom. The second kappa shape index (κ2) is 9.87. The van der Waals surface area contributed by atoms with Crippen molar-refractivity contribution in [2.24, 2.45) is 0 Å². The molecule has 0 saturated carbocycles. The summed E-state index contributed by atoms with van der Waals surface area (Å²) in [4.78, 5) is 42.3. The van der Waals surface area contributed by atoms with E-state index in [0.717, 1.165) is 22.2 Å². The van der Waals surface area contributed by atoms with Crippen LogP contribution in [0.5, 0.6) is 0 Å². The van der Waals surface area contributed by atoms with E-state index in [9.17, 15) is 14.4 Å². The van der Waals surface area contributed by atoms with Crippen molar-refractivity contribution in [2.75, 3.05) is 20.1 Å². The third kappa shape index (κ3) is 4.21. The Hall–Kier alpha value is -3.32. The van der Waals surface area contributed by atoms with Gasteiger partial charge in [0.05, 0.1) is 25.8 Å². The van der Waals surface area contributed by atoms with Crippen LogP contribution < -0.4 is 0 Å². The van der Waals surface area contributed by atoms with E-state index in [0.29, 0.717) is 11.1 Å². The second-order valence-electron chi connectivity index (χ2n) is 7.29. The molecule has 0 saturated heterocycles. The fourth-order valence-corrected chi connectivity index (χ4v) is 4.19. The molecule has 1 aliphatic heterocycles. The van der Waals surface area contributed by atoms with Crippen LogP contribution >= 0.6 is 11.6 Å².